The van der Waals surface area contributed by atoms with Crippen LogP contribution in [-0.2, 0) is 33.2 Å². The summed E-state index contributed by atoms with van der Waals surface area (Å²) in [6.45, 7) is 3.71. The number of pyridine rings is 1. The van der Waals surface area contributed by atoms with Crippen molar-refractivity contribution in [2.24, 2.45) is 0 Å². The van der Waals surface area contributed by atoms with Crippen molar-refractivity contribution in [1.29, 1.82) is 0 Å². The minimum absolute atomic E-state index is 0.0319. The van der Waals surface area contributed by atoms with Crippen molar-refractivity contribution in [3.05, 3.63) is 65.0 Å². The molecule has 1 heterocycles. The number of hydrogen-bond donors (Lipinski definition) is 0. The number of rotatable bonds is 7. The number of phosphoric ester groups is 1. The lowest BCUT2D eigenvalue weighted by Gasteiger charge is -2.22. The lowest BCUT2D eigenvalue weighted by atomic mass is 10.1. The zero-order valence-electron chi connectivity index (χ0n) is 12.7. The first-order valence-corrected chi connectivity index (χ1v) is 8.55. The summed E-state index contributed by atoms with van der Waals surface area (Å²) in [7, 11) is -4.35. The van der Waals surface area contributed by atoms with Crippen molar-refractivity contribution in [2.45, 2.75) is 33.5 Å². The Kier molecular flexibility index (Phi) is 5.86. The lowest BCUT2D eigenvalue weighted by Crippen LogP contribution is -2.09. The molecule has 0 radical (unpaired) electrons. The van der Waals surface area contributed by atoms with E-state index >= 15 is 0 Å². The van der Waals surface area contributed by atoms with Crippen LogP contribution in [0.3, 0.4) is 0 Å². The molecule has 0 N–H and O–H groups in total. The van der Waals surface area contributed by atoms with Crippen LogP contribution in [0.15, 0.2) is 42.5 Å². The molecule has 118 valence electrons. The molecular formula is C16H19NO4P-. The van der Waals surface area contributed by atoms with Gasteiger partial charge in [-0.2, -0.15) is 0 Å². The smallest absolute Gasteiger partial charge is 0.268 e. The van der Waals surface area contributed by atoms with E-state index in [4.69, 9.17) is 9.05 Å². The Morgan fingerprint density at radius 2 is 1.77 bits per heavy atom. The van der Waals surface area contributed by atoms with E-state index < -0.39 is 7.82 Å². The quantitative estimate of drug-likeness (QED) is 0.733. The second kappa shape index (κ2) is 7.65. The molecule has 1 unspecified atom stereocenters. The van der Waals surface area contributed by atoms with Crippen molar-refractivity contribution < 1.29 is 18.5 Å². The number of benzene rings is 1. The Bertz CT molecular complexity index is 675. The van der Waals surface area contributed by atoms with Gasteiger partial charge in [0.2, 0.25) is 0 Å². The number of aromatic nitrogens is 1. The number of phosphoric acid groups is 1. The van der Waals surface area contributed by atoms with E-state index in [1.54, 1.807) is 12.1 Å². The van der Waals surface area contributed by atoms with Gasteiger partial charge in [0.05, 0.1) is 18.9 Å². The average molecular weight is 320 g/mol. The molecular weight excluding hydrogens is 301 g/mol. The third-order valence-electron chi connectivity index (χ3n) is 3.11. The molecule has 1 aromatic heterocycles. The largest absolute Gasteiger partial charge is 0.756 e. The van der Waals surface area contributed by atoms with Crippen LogP contribution in [0.5, 0.6) is 0 Å². The van der Waals surface area contributed by atoms with Gasteiger partial charge in [0.1, 0.15) is 0 Å². The van der Waals surface area contributed by atoms with Crippen molar-refractivity contribution in [2.75, 3.05) is 0 Å². The summed E-state index contributed by atoms with van der Waals surface area (Å²) in [6.07, 6.45) is 0.887. The standard InChI is InChI=1S/C16H20NO4P/c1-3-14-7-5-8-15(10-14)11-20-22(18,19)21-12-16-9-4-6-13(2)17-16/h4-10H,3,11-12H2,1-2H3,(H,18,19)/p-1. The van der Waals surface area contributed by atoms with Crippen LogP contribution in [0.1, 0.15) is 29.4 Å². The Morgan fingerprint density at radius 1 is 1.09 bits per heavy atom. The summed E-state index contributed by atoms with van der Waals surface area (Å²) in [5, 5.41) is 0. The third-order valence-corrected chi connectivity index (χ3v) is 4.00. The van der Waals surface area contributed by atoms with Gasteiger partial charge >= 0.3 is 0 Å². The zero-order valence-corrected chi connectivity index (χ0v) is 13.6. The Labute approximate surface area is 130 Å². The lowest BCUT2D eigenvalue weighted by molar-refractivity contribution is -0.227. The summed E-state index contributed by atoms with van der Waals surface area (Å²) in [5.74, 6) is 0. The van der Waals surface area contributed by atoms with Crippen LogP contribution in [0.2, 0.25) is 0 Å². The maximum Gasteiger partial charge on any atom is 0.268 e. The molecule has 2 aromatic rings. The Morgan fingerprint density at radius 3 is 2.50 bits per heavy atom. The summed E-state index contributed by atoms with van der Waals surface area (Å²) in [4.78, 5) is 15.9. The first-order chi connectivity index (χ1) is 10.5. The van der Waals surface area contributed by atoms with Gasteiger partial charge < -0.3 is 13.9 Å². The van der Waals surface area contributed by atoms with Gasteiger partial charge in [0, 0.05) is 5.69 Å². The normalized spacial score (nSPS) is 13.8. The fraction of sp³-hybridized carbons (Fsp3) is 0.312. The molecule has 0 aliphatic heterocycles. The van der Waals surface area contributed by atoms with Crippen LogP contribution in [0, 0.1) is 6.92 Å². The highest BCUT2D eigenvalue weighted by Crippen LogP contribution is 2.40. The topological polar surface area (TPSA) is 71.5 Å². The predicted molar refractivity (Wildman–Crippen MR) is 82.0 cm³/mol. The molecule has 0 bridgehead atoms. The van der Waals surface area contributed by atoms with E-state index in [1.807, 2.05) is 44.2 Å². The van der Waals surface area contributed by atoms with Gasteiger partial charge in [-0.15, -0.1) is 0 Å². The molecule has 0 aliphatic rings. The molecule has 0 saturated carbocycles. The minimum Gasteiger partial charge on any atom is -0.756 e. The highest BCUT2D eigenvalue weighted by Gasteiger charge is 2.11. The van der Waals surface area contributed by atoms with E-state index in [0.717, 1.165) is 23.2 Å². The van der Waals surface area contributed by atoms with Crippen LogP contribution >= 0.6 is 7.82 Å². The fourth-order valence-electron chi connectivity index (χ4n) is 1.96. The molecule has 22 heavy (non-hydrogen) atoms. The van der Waals surface area contributed by atoms with Crippen LogP contribution in [0.25, 0.3) is 0 Å². The van der Waals surface area contributed by atoms with Gasteiger partial charge in [-0.1, -0.05) is 37.3 Å². The average Bonchev–Trinajstić information content (AvgIpc) is 2.52. The second-order valence-corrected chi connectivity index (χ2v) is 6.35. The number of aryl methyl sites for hydroxylation is 2. The maximum absolute atomic E-state index is 11.8. The summed E-state index contributed by atoms with van der Waals surface area (Å²) < 4.78 is 21.6. The van der Waals surface area contributed by atoms with Crippen molar-refractivity contribution >= 4 is 7.82 Å². The van der Waals surface area contributed by atoms with Gasteiger partial charge in [0.25, 0.3) is 7.82 Å². The molecule has 0 amide bonds. The first-order valence-electron chi connectivity index (χ1n) is 7.09. The Hall–Kier alpha value is -1.52. The Balaban J connectivity index is 1.89. The molecule has 0 spiro atoms. The molecule has 0 aliphatic carbocycles. The second-order valence-electron chi connectivity index (χ2n) is 4.94. The van der Waals surface area contributed by atoms with Crippen LogP contribution in [-0.4, -0.2) is 4.98 Å². The first kappa shape index (κ1) is 16.8. The highest BCUT2D eigenvalue weighted by molar-refractivity contribution is 7.45. The fourth-order valence-corrected chi connectivity index (χ4v) is 2.63. The molecule has 5 nitrogen and oxygen atoms in total. The number of hydrogen-bond acceptors (Lipinski definition) is 5. The van der Waals surface area contributed by atoms with E-state index in [-0.39, 0.29) is 13.2 Å². The third kappa shape index (κ3) is 5.35. The van der Waals surface area contributed by atoms with E-state index in [1.165, 1.54) is 0 Å². The van der Waals surface area contributed by atoms with Gasteiger partial charge in [-0.3, -0.25) is 9.55 Å². The molecule has 1 atom stereocenters. The highest BCUT2D eigenvalue weighted by atomic mass is 31.2. The van der Waals surface area contributed by atoms with Crippen molar-refractivity contribution in [3.63, 3.8) is 0 Å². The van der Waals surface area contributed by atoms with Crippen molar-refractivity contribution in [3.8, 4) is 0 Å². The summed E-state index contributed by atoms with van der Waals surface area (Å²) in [5.41, 5.74) is 3.28. The van der Waals surface area contributed by atoms with Gasteiger partial charge in [0.15, 0.2) is 0 Å². The molecule has 2 rings (SSSR count). The minimum atomic E-state index is -4.35. The van der Waals surface area contributed by atoms with Gasteiger partial charge in [-0.05, 0) is 36.6 Å². The monoisotopic (exact) mass is 320 g/mol. The molecule has 0 saturated heterocycles. The van der Waals surface area contributed by atoms with E-state index in [2.05, 4.69) is 4.98 Å². The molecule has 1 aromatic carbocycles. The zero-order chi connectivity index (χ0) is 16.0. The van der Waals surface area contributed by atoms with Gasteiger partial charge in [-0.25, -0.2) is 0 Å². The summed E-state index contributed by atoms with van der Waals surface area (Å²) in [6, 6.07) is 12.9. The van der Waals surface area contributed by atoms with Crippen LogP contribution in [0.4, 0.5) is 0 Å². The van der Waals surface area contributed by atoms with Crippen molar-refractivity contribution in [1.82, 2.24) is 4.98 Å². The molecule has 6 heteroatoms. The number of nitrogens with zero attached hydrogens (tertiary/aromatic N) is 1. The summed E-state index contributed by atoms with van der Waals surface area (Å²) >= 11 is 0. The molecule has 0 fully saturated rings. The van der Waals surface area contributed by atoms with E-state index in [0.29, 0.717) is 5.69 Å². The predicted octanol–water partition coefficient (Wildman–Crippen LogP) is 3.15. The van der Waals surface area contributed by atoms with Crippen LogP contribution < -0.4 is 4.89 Å². The SMILES string of the molecule is CCc1cccc(COP(=O)([O-])OCc2cccc(C)n2)c1. The van der Waals surface area contributed by atoms with E-state index in [9.17, 15) is 9.46 Å². The maximum atomic E-state index is 11.8.